The summed E-state index contributed by atoms with van der Waals surface area (Å²) in [6.07, 6.45) is 1.25. The molecule has 0 aliphatic carbocycles. The zero-order valence-electron chi connectivity index (χ0n) is 10.5. The average Bonchev–Trinajstić information content (AvgIpc) is 2.81. The van der Waals surface area contributed by atoms with E-state index in [1.807, 2.05) is 0 Å². The van der Waals surface area contributed by atoms with Gasteiger partial charge in [0.25, 0.3) is 11.2 Å². The van der Waals surface area contributed by atoms with E-state index in [1.54, 1.807) is 13.0 Å². The van der Waals surface area contributed by atoms with E-state index >= 15 is 0 Å². The molecule has 0 unspecified atom stereocenters. The lowest BCUT2D eigenvalue weighted by Crippen LogP contribution is -2.14. The third-order valence-corrected chi connectivity index (χ3v) is 2.54. The van der Waals surface area contributed by atoms with Gasteiger partial charge >= 0.3 is 5.97 Å². The molecule has 104 valence electrons. The van der Waals surface area contributed by atoms with Crippen LogP contribution in [0.1, 0.15) is 17.3 Å². The predicted octanol–water partition coefficient (Wildman–Crippen LogP) is 1.25. The molecule has 0 aliphatic heterocycles. The Morgan fingerprint density at radius 1 is 1.50 bits per heavy atom. The summed E-state index contributed by atoms with van der Waals surface area (Å²) in [4.78, 5) is 33.3. The second kappa shape index (κ2) is 5.39. The second-order valence-electron chi connectivity index (χ2n) is 3.85. The number of nitrogens with one attached hydrogen (secondary N) is 1. The molecule has 1 N–H and O–H groups in total. The standard InChI is InChI=1S/C12H11N3O5/c1-2-20-12(17)10-7-14(13-11(10)16)8-4-3-5-9(6-8)15(18)19/h3-7H,2H2,1H3,(H,13,16). The van der Waals surface area contributed by atoms with E-state index in [4.69, 9.17) is 4.74 Å². The molecule has 0 saturated carbocycles. The van der Waals surface area contributed by atoms with E-state index in [2.05, 4.69) is 5.10 Å². The maximum atomic E-state index is 11.6. The Morgan fingerprint density at radius 2 is 2.25 bits per heavy atom. The fraction of sp³-hybridized carbons (Fsp3) is 0.167. The van der Waals surface area contributed by atoms with Crippen molar-refractivity contribution in [1.82, 2.24) is 9.78 Å². The highest BCUT2D eigenvalue weighted by atomic mass is 16.6. The number of benzene rings is 1. The molecule has 0 saturated heterocycles. The van der Waals surface area contributed by atoms with Crippen molar-refractivity contribution in [2.24, 2.45) is 0 Å². The summed E-state index contributed by atoms with van der Waals surface area (Å²) >= 11 is 0. The maximum Gasteiger partial charge on any atom is 0.345 e. The van der Waals surface area contributed by atoms with Crippen LogP contribution in [0.5, 0.6) is 0 Å². The number of non-ortho nitro benzene ring substituents is 1. The topological polar surface area (TPSA) is 107 Å². The summed E-state index contributed by atoms with van der Waals surface area (Å²) in [6.45, 7) is 1.78. The molecule has 0 fully saturated rings. The number of nitrogens with zero attached hydrogens (tertiary/aromatic N) is 2. The van der Waals surface area contributed by atoms with E-state index in [0.29, 0.717) is 5.69 Å². The van der Waals surface area contributed by atoms with Crippen molar-refractivity contribution in [1.29, 1.82) is 0 Å². The molecular weight excluding hydrogens is 266 g/mol. The monoisotopic (exact) mass is 277 g/mol. The van der Waals surface area contributed by atoms with Gasteiger partial charge in [-0.25, -0.2) is 4.79 Å². The molecule has 0 bridgehead atoms. The second-order valence-corrected chi connectivity index (χ2v) is 3.85. The van der Waals surface area contributed by atoms with Crippen molar-refractivity contribution in [3.63, 3.8) is 0 Å². The number of rotatable bonds is 4. The van der Waals surface area contributed by atoms with E-state index in [-0.39, 0.29) is 17.9 Å². The first-order valence-corrected chi connectivity index (χ1v) is 5.76. The first-order chi connectivity index (χ1) is 9.52. The van der Waals surface area contributed by atoms with Gasteiger partial charge in [-0.1, -0.05) is 6.07 Å². The van der Waals surface area contributed by atoms with Crippen LogP contribution in [-0.2, 0) is 4.74 Å². The van der Waals surface area contributed by atoms with Gasteiger partial charge < -0.3 is 4.74 Å². The van der Waals surface area contributed by atoms with Crippen molar-refractivity contribution in [3.05, 3.63) is 56.5 Å². The van der Waals surface area contributed by atoms with Crippen molar-refractivity contribution >= 4 is 11.7 Å². The normalized spacial score (nSPS) is 10.2. The summed E-state index contributed by atoms with van der Waals surface area (Å²) in [5.41, 5.74) is -0.519. The van der Waals surface area contributed by atoms with E-state index < -0.39 is 16.5 Å². The molecule has 2 aromatic rings. The first-order valence-electron chi connectivity index (χ1n) is 5.76. The molecule has 0 spiro atoms. The number of aromatic amines is 1. The summed E-state index contributed by atoms with van der Waals surface area (Å²) in [5.74, 6) is -0.738. The third-order valence-electron chi connectivity index (χ3n) is 2.54. The lowest BCUT2D eigenvalue weighted by atomic mass is 10.3. The van der Waals surface area contributed by atoms with Gasteiger partial charge in [-0.3, -0.25) is 24.7 Å². The molecule has 20 heavy (non-hydrogen) atoms. The Hall–Kier alpha value is -2.90. The van der Waals surface area contributed by atoms with Crippen LogP contribution in [0.15, 0.2) is 35.3 Å². The molecule has 0 amide bonds. The third kappa shape index (κ3) is 2.58. The number of ether oxygens (including phenoxy) is 1. The van der Waals surface area contributed by atoms with Gasteiger partial charge in [0.2, 0.25) is 0 Å². The van der Waals surface area contributed by atoms with Gasteiger partial charge in [0, 0.05) is 18.3 Å². The predicted molar refractivity (Wildman–Crippen MR) is 69.0 cm³/mol. The van der Waals surface area contributed by atoms with E-state index in [1.165, 1.54) is 29.1 Å². The number of aromatic nitrogens is 2. The molecule has 1 aromatic carbocycles. The zero-order chi connectivity index (χ0) is 14.7. The van der Waals surface area contributed by atoms with E-state index in [0.717, 1.165) is 0 Å². The van der Waals surface area contributed by atoms with Crippen LogP contribution in [0.25, 0.3) is 5.69 Å². The van der Waals surface area contributed by atoms with Crippen LogP contribution in [0.4, 0.5) is 5.69 Å². The lowest BCUT2D eigenvalue weighted by Gasteiger charge is -2.01. The number of hydrogen-bond donors (Lipinski definition) is 1. The largest absolute Gasteiger partial charge is 0.462 e. The fourth-order valence-electron chi connectivity index (χ4n) is 1.64. The van der Waals surface area contributed by atoms with Crippen LogP contribution >= 0.6 is 0 Å². The number of esters is 1. The Kier molecular flexibility index (Phi) is 3.65. The Bertz CT molecular complexity index is 716. The Labute approximate surface area is 112 Å². The highest BCUT2D eigenvalue weighted by Gasteiger charge is 2.15. The minimum absolute atomic E-state index is 0.116. The molecule has 0 radical (unpaired) electrons. The van der Waals surface area contributed by atoms with Crippen LogP contribution in [0.2, 0.25) is 0 Å². The summed E-state index contributed by atoms with van der Waals surface area (Å²) in [5, 5.41) is 13.1. The minimum atomic E-state index is -0.738. The van der Waals surface area contributed by atoms with Gasteiger partial charge in [-0.05, 0) is 13.0 Å². The molecular formula is C12H11N3O5. The van der Waals surface area contributed by atoms with Gasteiger partial charge in [0.05, 0.1) is 17.2 Å². The molecule has 8 nitrogen and oxygen atoms in total. The van der Waals surface area contributed by atoms with Crippen LogP contribution < -0.4 is 5.56 Å². The molecule has 0 aliphatic rings. The maximum absolute atomic E-state index is 11.6. The molecule has 8 heteroatoms. The van der Waals surface area contributed by atoms with Crippen LogP contribution in [-0.4, -0.2) is 27.3 Å². The van der Waals surface area contributed by atoms with Gasteiger partial charge in [-0.2, -0.15) is 0 Å². The van der Waals surface area contributed by atoms with Crippen LogP contribution in [0.3, 0.4) is 0 Å². The number of nitro benzene ring substituents is 1. The van der Waals surface area contributed by atoms with Gasteiger partial charge in [-0.15, -0.1) is 0 Å². The quantitative estimate of drug-likeness (QED) is 0.514. The molecule has 2 rings (SSSR count). The molecule has 1 aromatic heterocycles. The first kappa shape index (κ1) is 13.5. The molecule has 1 heterocycles. The Morgan fingerprint density at radius 3 is 2.90 bits per heavy atom. The lowest BCUT2D eigenvalue weighted by molar-refractivity contribution is -0.384. The highest BCUT2D eigenvalue weighted by Crippen LogP contribution is 2.15. The summed E-state index contributed by atoms with van der Waals surface area (Å²) in [6, 6.07) is 5.66. The van der Waals surface area contributed by atoms with E-state index in [9.17, 15) is 19.7 Å². The average molecular weight is 277 g/mol. The minimum Gasteiger partial charge on any atom is -0.462 e. The summed E-state index contributed by atoms with van der Waals surface area (Å²) < 4.78 is 5.98. The number of carbonyl (C=O) groups is 1. The van der Waals surface area contributed by atoms with Crippen molar-refractivity contribution in [3.8, 4) is 5.69 Å². The Balaban J connectivity index is 2.42. The smallest absolute Gasteiger partial charge is 0.345 e. The highest BCUT2D eigenvalue weighted by molar-refractivity contribution is 5.88. The SMILES string of the molecule is CCOC(=O)c1cn(-c2cccc([N+](=O)[O-])c2)[nH]c1=O. The van der Waals surface area contributed by atoms with Crippen molar-refractivity contribution in [2.75, 3.05) is 6.61 Å². The number of carbonyl (C=O) groups excluding carboxylic acids is 1. The van der Waals surface area contributed by atoms with Gasteiger partial charge in [0.15, 0.2) is 0 Å². The van der Waals surface area contributed by atoms with Crippen molar-refractivity contribution in [2.45, 2.75) is 6.92 Å². The zero-order valence-corrected chi connectivity index (χ0v) is 10.5. The number of H-pyrrole nitrogens is 1. The fourth-order valence-corrected chi connectivity index (χ4v) is 1.64. The van der Waals surface area contributed by atoms with Crippen molar-refractivity contribution < 1.29 is 14.5 Å². The molecule has 0 atom stereocenters. The number of hydrogen-bond acceptors (Lipinski definition) is 5. The summed E-state index contributed by atoms with van der Waals surface area (Å²) in [7, 11) is 0. The van der Waals surface area contributed by atoms with Crippen LogP contribution in [0, 0.1) is 10.1 Å². The number of nitro groups is 1. The van der Waals surface area contributed by atoms with Gasteiger partial charge in [0.1, 0.15) is 5.56 Å².